The molecule has 1 aliphatic carbocycles. The maximum Gasteiger partial charge on any atom is 0.358 e. The van der Waals surface area contributed by atoms with Crippen molar-refractivity contribution < 1.29 is 22.7 Å². The van der Waals surface area contributed by atoms with Gasteiger partial charge in [-0.25, -0.2) is 18.2 Å². The first-order valence-electron chi connectivity index (χ1n) is 13.6. The Hall–Kier alpha value is -2.62. The van der Waals surface area contributed by atoms with Crippen LogP contribution in [0.1, 0.15) is 61.0 Å². The summed E-state index contributed by atoms with van der Waals surface area (Å²) in [5.41, 5.74) is 1.72. The van der Waals surface area contributed by atoms with Gasteiger partial charge < -0.3 is 9.64 Å². The number of nitrogens with zero attached hydrogens (tertiary/aromatic N) is 3. The fraction of sp³-hybridized carbons (Fsp3) is 0.552. The molecule has 8 nitrogen and oxygen atoms in total. The molecule has 3 heterocycles. The summed E-state index contributed by atoms with van der Waals surface area (Å²) in [6.45, 7) is 4.71. The van der Waals surface area contributed by atoms with Gasteiger partial charge in [0, 0.05) is 36.4 Å². The predicted molar refractivity (Wildman–Crippen MR) is 145 cm³/mol. The van der Waals surface area contributed by atoms with Gasteiger partial charge in [-0.3, -0.25) is 9.69 Å². The Morgan fingerprint density at radius 2 is 1.76 bits per heavy atom. The van der Waals surface area contributed by atoms with Gasteiger partial charge in [0.1, 0.15) is 11.4 Å². The molecule has 1 saturated heterocycles. The number of ether oxygens (including phenoxy) is 1. The number of carbonyl (C=O) groups is 2. The Kier molecular flexibility index (Phi) is 7.71. The average Bonchev–Trinajstić information content (AvgIpc) is 3.18. The molecule has 1 aromatic heterocycles. The molecule has 0 amide bonds. The number of aromatic nitrogens is 1. The van der Waals surface area contributed by atoms with E-state index in [1.165, 1.54) is 38.6 Å². The zero-order valence-electron chi connectivity index (χ0n) is 22.3. The molecule has 38 heavy (non-hydrogen) atoms. The molecule has 2 fully saturated rings. The van der Waals surface area contributed by atoms with Crippen molar-refractivity contribution in [2.45, 2.75) is 55.4 Å². The quantitative estimate of drug-likeness (QED) is 0.469. The van der Waals surface area contributed by atoms with Crippen LogP contribution < -0.4 is 0 Å². The van der Waals surface area contributed by atoms with E-state index in [9.17, 15) is 18.0 Å². The van der Waals surface area contributed by atoms with Crippen LogP contribution in [0, 0.1) is 5.92 Å². The molecule has 9 heteroatoms. The molecular formula is C29H37N3O5S. The monoisotopic (exact) mass is 539 g/mol. The molecule has 0 atom stereocenters. The summed E-state index contributed by atoms with van der Waals surface area (Å²) in [5.74, 6) is -0.171. The topological polar surface area (TPSA) is 96.9 Å². The van der Waals surface area contributed by atoms with Crippen LogP contribution in [0.4, 0.5) is 0 Å². The van der Waals surface area contributed by atoms with Crippen molar-refractivity contribution in [2.24, 2.45) is 5.92 Å². The Bertz CT molecular complexity index is 1290. The van der Waals surface area contributed by atoms with Gasteiger partial charge in [0.15, 0.2) is 15.5 Å². The van der Waals surface area contributed by atoms with E-state index in [1.807, 2.05) is 19.2 Å². The minimum absolute atomic E-state index is 0.0126. The number of benzene rings is 1. The molecule has 3 aliphatic rings. The Morgan fingerprint density at radius 3 is 2.42 bits per heavy atom. The number of sulfone groups is 1. The molecule has 1 spiro atoms. The Morgan fingerprint density at radius 1 is 1.08 bits per heavy atom. The third kappa shape index (κ3) is 5.70. The van der Waals surface area contributed by atoms with Crippen molar-refractivity contribution in [3.05, 3.63) is 47.7 Å². The Balaban J connectivity index is 1.20. The standard InChI is InChI=1S/C29H37N3O5S/c1-31(18-19-32-16-4-3-5-17-32)20-26(33)22-12-14-29(15-13-22)24-10-11-25(30-27(24)28(34)37-29)21-6-8-23(9-7-21)38(2,35)36/h6-11,22H,3-5,12-20H2,1-2H3. The number of pyridine rings is 1. The molecule has 1 aromatic carbocycles. The van der Waals surface area contributed by atoms with Gasteiger partial charge in [-0.1, -0.05) is 24.6 Å². The van der Waals surface area contributed by atoms with Crippen LogP contribution in [0.3, 0.4) is 0 Å². The van der Waals surface area contributed by atoms with Crippen molar-refractivity contribution in [3.63, 3.8) is 0 Å². The second kappa shape index (κ2) is 10.9. The summed E-state index contributed by atoms with van der Waals surface area (Å²) in [5, 5.41) is 0. The van der Waals surface area contributed by atoms with E-state index in [-0.39, 0.29) is 16.6 Å². The van der Waals surface area contributed by atoms with Gasteiger partial charge >= 0.3 is 5.97 Å². The van der Waals surface area contributed by atoms with Gasteiger partial charge in [0.25, 0.3) is 0 Å². The summed E-state index contributed by atoms with van der Waals surface area (Å²) < 4.78 is 29.4. The first kappa shape index (κ1) is 27.0. The zero-order chi connectivity index (χ0) is 26.9. The molecule has 0 unspecified atom stereocenters. The number of esters is 1. The molecule has 0 bridgehead atoms. The summed E-state index contributed by atoms with van der Waals surface area (Å²) in [4.78, 5) is 35.3. The third-order valence-electron chi connectivity index (χ3n) is 8.37. The van der Waals surface area contributed by atoms with E-state index in [0.717, 1.165) is 24.2 Å². The van der Waals surface area contributed by atoms with E-state index in [0.29, 0.717) is 43.6 Å². The number of fused-ring (bicyclic) bond motifs is 2. The third-order valence-corrected chi connectivity index (χ3v) is 9.50. The summed E-state index contributed by atoms with van der Waals surface area (Å²) in [6, 6.07) is 10.2. The second-order valence-corrected chi connectivity index (χ2v) is 13.2. The van der Waals surface area contributed by atoms with Crippen molar-refractivity contribution in [1.29, 1.82) is 0 Å². The fourth-order valence-electron chi connectivity index (χ4n) is 6.04. The SMILES string of the molecule is CN(CCN1CCCCC1)CC(=O)C1CCC2(CC1)OC(=O)c1nc(-c3ccc(S(C)(=O)=O)cc3)ccc12. The van der Waals surface area contributed by atoms with Crippen LogP contribution in [0.5, 0.6) is 0 Å². The minimum atomic E-state index is -3.29. The van der Waals surface area contributed by atoms with Crippen molar-refractivity contribution in [3.8, 4) is 11.3 Å². The number of likely N-dealkylation sites (tertiary alicyclic amines) is 1. The normalized spacial score (nSPS) is 24.0. The molecule has 2 aromatic rings. The number of hydrogen-bond donors (Lipinski definition) is 0. The van der Waals surface area contributed by atoms with Gasteiger partial charge in [0.05, 0.1) is 17.1 Å². The van der Waals surface area contributed by atoms with Crippen molar-refractivity contribution in [2.75, 3.05) is 46.0 Å². The van der Waals surface area contributed by atoms with E-state index >= 15 is 0 Å². The molecule has 0 N–H and O–H groups in total. The number of likely N-dealkylation sites (N-methyl/N-ethyl adjacent to an activating group) is 1. The summed E-state index contributed by atoms with van der Waals surface area (Å²) >= 11 is 0. The molecule has 5 rings (SSSR count). The zero-order valence-corrected chi connectivity index (χ0v) is 23.1. The van der Waals surface area contributed by atoms with Gasteiger partial charge in [-0.15, -0.1) is 0 Å². The fourth-order valence-corrected chi connectivity index (χ4v) is 6.67. The Labute approximate surface area is 225 Å². The lowest BCUT2D eigenvalue weighted by Crippen LogP contribution is -2.40. The van der Waals surface area contributed by atoms with Gasteiger partial charge in [-0.2, -0.15) is 0 Å². The molecule has 204 valence electrons. The smallest absolute Gasteiger partial charge is 0.358 e. The lowest BCUT2D eigenvalue weighted by Gasteiger charge is -2.36. The molecule has 1 saturated carbocycles. The second-order valence-electron chi connectivity index (χ2n) is 11.2. The summed E-state index contributed by atoms with van der Waals surface area (Å²) in [7, 11) is -1.26. The maximum atomic E-state index is 13.0. The first-order chi connectivity index (χ1) is 18.1. The number of Topliss-reactive ketones (excluding diaryl/α,β-unsaturated/α-hetero) is 1. The molecule has 2 aliphatic heterocycles. The van der Waals surface area contributed by atoms with Crippen molar-refractivity contribution in [1.82, 2.24) is 14.8 Å². The first-order valence-corrected chi connectivity index (χ1v) is 15.5. The number of piperidine rings is 1. The highest BCUT2D eigenvalue weighted by Crippen LogP contribution is 2.48. The lowest BCUT2D eigenvalue weighted by molar-refractivity contribution is -0.126. The van der Waals surface area contributed by atoms with Crippen LogP contribution >= 0.6 is 0 Å². The summed E-state index contributed by atoms with van der Waals surface area (Å²) in [6.07, 6.45) is 7.66. The number of ketones is 1. The highest BCUT2D eigenvalue weighted by molar-refractivity contribution is 7.90. The van der Waals surface area contributed by atoms with E-state index in [4.69, 9.17) is 4.74 Å². The molecule has 0 radical (unpaired) electrons. The number of hydrogen-bond acceptors (Lipinski definition) is 8. The van der Waals surface area contributed by atoms with Crippen LogP contribution in [0.25, 0.3) is 11.3 Å². The van der Waals surface area contributed by atoms with Crippen molar-refractivity contribution >= 4 is 21.6 Å². The minimum Gasteiger partial charge on any atom is -0.449 e. The highest BCUT2D eigenvalue weighted by Gasteiger charge is 2.49. The van der Waals surface area contributed by atoms with Crippen LogP contribution in [-0.4, -0.2) is 81.0 Å². The van der Waals surface area contributed by atoms with Gasteiger partial charge in [-0.05, 0) is 76.9 Å². The number of carbonyl (C=O) groups excluding carboxylic acids is 2. The van der Waals surface area contributed by atoms with E-state index < -0.39 is 21.4 Å². The highest BCUT2D eigenvalue weighted by atomic mass is 32.2. The number of rotatable bonds is 8. The van der Waals surface area contributed by atoms with E-state index in [2.05, 4.69) is 14.8 Å². The molecular weight excluding hydrogens is 502 g/mol. The van der Waals surface area contributed by atoms with Crippen LogP contribution in [0.2, 0.25) is 0 Å². The van der Waals surface area contributed by atoms with Crippen LogP contribution in [0.15, 0.2) is 41.3 Å². The van der Waals surface area contributed by atoms with Gasteiger partial charge in [0.2, 0.25) is 0 Å². The van der Waals surface area contributed by atoms with Crippen LogP contribution in [-0.2, 0) is 25.0 Å². The predicted octanol–water partition coefficient (Wildman–Crippen LogP) is 3.69. The largest absolute Gasteiger partial charge is 0.449 e. The lowest BCUT2D eigenvalue weighted by atomic mass is 9.74. The van der Waals surface area contributed by atoms with E-state index in [1.54, 1.807) is 24.3 Å². The maximum absolute atomic E-state index is 13.0. The average molecular weight is 540 g/mol.